The highest BCUT2D eigenvalue weighted by molar-refractivity contribution is 7.99. The van der Waals surface area contributed by atoms with Crippen molar-refractivity contribution in [2.45, 2.75) is 26.4 Å². The molecule has 0 saturated carbocycles. The fourth-order valence-electron chi connectivity index (χ4n) is 1.02. The summed E-state index contributed by atoms with van der Waals surface area (Å²) in [7, 11) is 0. The normalized spacial score (nSPS) is 11.6. The molecule has 0 saturated heterocycles. The molecule has 18 heavy (non-hydrogen) atoms. The maximum Gasteiger partial charge on any atom is 0.316 e. The summed E-state index contributed by atoms with van der Waals surface area (Å²) >= 11 is 1.47. The van der Waals surface area contributed by atoms with E-state index in [-0.39, 0.29) is 12.6 Å². The number of rotatable bonds is 10. The Morgan fingerprint density at radius 3 is 2.28 bits per heavy atom. The SMILES string of the molecule is CC(C)(C)OC(=O)CSCCOCCOCCF. The van der Waals surface area contributed by atoms with Crippen LogP contribution >= 0.6 is 11.8 Å². The van der Waals surface area contributed by atoms with E-state index in [1.807, 2.05) is 20.8 Å². The number of carbonyl (C=O) groups excluding carboxylic acids is 1. The number of ether oxygens (including phenoxy) is 3. The van der Waals surface area contributed by atoms with Crippen molar-refractivity contribution < 1.29 is 23.4 Å². The largest absolute Gasteiger partial charge is 0.459 e. The first kappa shape index (κ1) is 17.7. The molecule has 0 aromatic carbocycles. The zero-order valence-electron chi connectivity index (χ0n) is 11.4. The predicted octanol–water partition coefficient (Wildman–Crippen LogP) is 2.06. The van der Waals surface area contributed by atoms with Crippen LogP contribution in [0.3, 0.4) is 0 Å². The highest BCUT2D eigenvalue weighted by Gasteiger charge is 2.15. The van der Waals surface area contributed by atoms with Crippen LogP contribution in [0.4, 0.5) is 4.39 Å². The molecule has 0 aliphatic heterocycles. The van der Waals surface area contributed by atoms with E-state index in [9.17, 15) is 9.18 Å². The molecule has 0 unspecified atom stereocenters. The van der Waals surface area contributed by atoms with Crippen LogP contribution in [0, 0.1) is 0 Å². The summed E-state index contributed by atoms with van der Waals surface area (Å²) in [4.78, 5) is 11.3. The first-order valence-corrected chi connectivity index (χ1v) is 7.12. The second kappa shape index (κ2) is 10.6. The lowest BCUT2D eigenvalue weighted by Gasteiger charge is -2.19. The van der Waals surface area contributed by atoms with E-state index in [4.69, 9.17) is 14.2 Å². The van der Waals surface area contributed by atoms with Crippen LogP contribution in [0.25, 0.3) is 0 Å². The van der Waals surface area contributed by atoms with Crippen LogP contribution in [-0.4, -0.2) is 56.2 Å². The van der Waals surface area contributed by atoms with E-state index in [0.717, 1.165) is 5.75 Å². The average Bonchev–Trinajstić information content (AvgIpc) is 2.24. The van der Waals surface area contributed by atoms with Gasteiger partial charge in [-0.1, -0.05) is 0 Å². The number of halogens is 1. The fourth-order valence-corrected chi connectivity index (χ4v) is 1.63. The topological polar surface area (TPSA) is 44.8 Å². The number of thioether (sulfide) groups is 1. The molecular formula is C12H23FO4S. The molecule has 0 rings (SSSR count). The van der Waals surface area contributed by atoms with Gasteiger partial charge in [0.05, 0.1) is 32.2 Å². The third-order valence-corrected chi connectivity index (χ3v) is 2.50. The molecule has 0 aliphatic rings. The summed E-state index contributed by atoms with van der Waals surface area (Å²) in [5.74, 6) is 0.847. The molecule has 0 radical (unpaired) electrons. The molecule has 108 valence electrons. The van der Waals surface area contributed by atoms with Crippen molar-refractivity contribution in [3.8, 4) is 0 Å². The van der Waals surface area contributed by atoms with Gasteiger partial charge in [0, 0.05) is 5.75 Å². The number of alkyl halides is 1. The van der Waals surface area contributed by atoms with Gasteiger partial charge in [-0.25, -0.2) is 4.39 Å². The van der Waals surface area contributed by atoms with Gasteiger partial charge in [0.15, 0.2) is 0 Å². The van der Waals surface area contributed by atoms with Gasteiger partial charge in [-0.3, -0.25) is 4.79 Å². The van der Waals surface area contributed by atoms with Crippen molar-refractivity contribution >= 4 is 17.7 Å². The zero-order valence-corrected chi connectivity index (χ0v) is 12.2. The minimum Gasteiger partial charge on any atom is -0.459 e. The summed E-state index contributed by atoms with van der Waals surface area (Å²) in [5, 5.41) is 0. The molecule has 0 atom stereocenters. The Balaban J connectivity index is 3.23. The molecule has 0 amide bonds. The van der Waals surface area contributed by atoms with E-state index in [1.165, 1.54) is 11.8 Å². The molecule has 0 bridgehead atoms. The Kier molecular flexibility index (Phi) is 10.4. The van der Waals surface area contributed by atoms with Crippen LogP contribution in [0.5, 0.6) is 0 Å². The van der Waals surface area contributed by atoms with Gasteiger partial charge < -0.3 is 14.2 Å². The Morgan fingerprint density at radius 2 is 1.72 bits per heavy atom. The van der Waals surface area contributed by atoms with Crippen LogP contribution in [0.1, 0.15) is 20.8 Å². The van der Waals surface area contributed by atoms with Crippen molar-refractivity contribution in [3.63, 3.8) is 0 Å². The van der Waals surface area contributed by atoms with Gasteiger partial charge in [0.1, 0.15) is 12.3 Å². The highest BCUT2D eigenvalue weighted by atomic mass is 32.2. The summed E-state index contributed by atoms with van der Waals surface area (Å²) in [6, 6.07) is 0. The van der Waals surface area contributed by atoms with E-state index in [1.54, 1.807) is 0 Å². The Morgan fingerprint density at radius 1 is 1.11 bits per heavy atom. The minimum atomic E-state index is -0.467. The Labute approximate surface area is 113 Å². The Bertz CT molecular complexity index is 219. The van der Waals surface area contributed by atoms with Gasteiger partial charge in [-0.05, 0) is 20.8 Å². The molecule has 4 nitrogen and oxygen atoms in total. The highest BCUT2D eigenvalue weighted by Crippen LogP contribution is 2.09. The van der Waals surface area contributed by atoms with Crippen LogP contribution in [0.2, 0.25) is 0 Å². The maximum atomic E-state index is 11.6. The van der Waals surface area contributed by atoms with Gasteiger partial charge >= 0.3 is 5.97 Å². The molecule has 0 spiro atoms. The monoisotopic (exact) mass is 282 g/mol. The molecule has 0 aromatic rings. The molecule has 0 heterocycles. The fraction of sp³-hybridized carbons (Fsp3) is 0.917. The molecule has 0 aliphatic carbocycles. The number of esters is 1. The summed E-state index contributed by atoms with van der Waals surface area (Å²) < 4.78 is 26.9. The van der Waals surface area contributed by atoms with Crippen LogP contribution in [0.15, 0.2) is 0 Å². The number of hydrogen-bond donors (Lipinski definition) is 0. The van der Waals surface area contributed by atoms with Crippen LogP contribution in [-0.2, 0) is 19.0 Å². The van der Waals surface area contributed by atoms with Crippen molar-refractivity contribution in [3.05, 3.63) is 0 Å². The molecule has 6 heteroatoms. The first-order valence-electron chi connectivity index (χ1n) is 5.97. The summed E-state index contributed by atoms with van der Waals surface area (Å²) in [5.41, 5.74) is -0.429. The molecule has 0 fully saturated rings. The van der Waals surface area contributed by atoms with Gasteiger partial charge in [0.25, 0.3) is 0 Å². The average molecular weight is 282 g/mol. The summed E-state index contributed by atoms with van der Waals surface area (Å²) in [6.07, 6.45) is 0. The lowest BCUT2D eigenvalue weighted by atomic mass is 10.2. The van der Waals surface area contributed by atoms with E-state index < -0.39 is 12.3 Å². The third-order valence-electron chi connectivity index (χ3n) is 1.61. The maximum absolute atomic E-state index is 11.6. The van der Waals surface area contributed by atoms with Crippen molar-refractivity contribution in [1.29, 1.82) is 0 Å². The van der Waals surface area contributed by atoms with Crippen molar-refractivity contribution in [1.82, 2.24) is 0 Å². The molecular weight excluding hydrogens is 259 g/mol. The minimum absolute atomic E-state index is 0.122. The van der Waals surface area contributed by atoms with Crippen LogP contribution < -0.4 is 0 Å². The zero-order chi connectivity index (χ0) is 13.9. The standard InChI is InChI=1S/C12H23FO4S/c1-12(2,3)17-11(14)10-18-9-8-16-7-6-15-5-4-13/h4-10H2,1-3H3. The molecule has 0 aromatic heterocycles. The predicted molar refractivity (Wildman–Crippen MR) is 70.8 cm³/mol. The second-order valence-electron chi connectivity index (χ2n) is 4.55. The first-order chi connectivity index (χ1) is 8.45. The quantitative estimate of drug-likeness (QED) is 0.453. The third kappa shape index (κ3) is 13.7. The smallest absolute Gasteiger partial charge is 0.316 e. The van der Waals surface area contributed by atoms with Gasteiger partial charge in [-0.2, -0.15) is 0 Å². The van der Waals surface area contributed by atoms with Crippen molar-refractivity contribution in [2.24, 2.45) is 0 Å². The van der Waals surface area contributed by atoms with E-state index in [0.29, 0.717) is 25.6 Å². The van der Waals surface area contributed by atoms with Gasteiger partial charge in [-0.15, -0.1) is 11.8 Å². The van der Waals surface area contributed by atoms with E-state index >= 15 is 0 Å². The number of hydrogen-bond acceptors (Lipinski definition) is 5. The van der Waals surface area contributed by atoms with Crippen molar-refractivity contribution in [2.75, 3.05) is 44.6 Å². The lowest BCUT2D eigenvalue weighted by Crippen LogP contribution is -2.25. The van der Waals surface area contributed by atoms with Gasteiger partial charge in [0.2, 0.25) is 0 Å². The Hall–Kier alpha value is -0.330. The summed E-state index contributed by atoms with van der Waals surface area (Å²) in [6.45, 7) is 6.59. The van der Waals surface area contributed by atoms with E-state index in [2.05, 4.69) is 0 Å². The molecule has 0 N–H and O–H groups in total. The number of carbonyl (C=O) groups is 1. The lowest BCUT2D eigenvalue weighted by molar-refractivity contribution is -0.151. The second-order valence-corrected chi connectivity index (χ2v) is 5.66.